The largest absolute Gasteiger partial charge is 0.375 e. The lowest BCUT2D eigenvalue weighted by atomic mass is 10.2. The van der Waals surface area contributed by atoms with E-state index in [4.69, 9.17) is 0 Å². The van der Waals surface area contributed by atoms with Crippen LogP contribution in [0.15, 0.2) is 0 Å². The monoisotopic (exact) mass is 162 g/mol. The van der Waals surface area contributed by atoms with Crippen LogP contribution in [0.25, 0.3) is 0 Å². The van der Waals surface area contributed by atoms with Crippen molar-refractivity contribution >= 4 is 11.8 Å². The minimum Gasteiger partial charge on any atom is -0.375 e. The fraction of sp³-hybridized carbons (Fsp3) is 0.833. The molecule has 1 aliphatic rings. The third-order valence-corrected chi connectivity index (χ3v) is 2.91. The standard InChI is InChI=1S/C6H12NO2S/c1-2-6(9)5(8)7-3-4-10-6/h2,5,7-9H,3-4H2,1H3. The number of rotatable bonds is 1. The van der Waals surface area contributed by atoms with Gasteiger partial charge >= 0.3 is 0 Å². The molecule has 0 aromatic heterocycles. The molecule has 0 spiro atoms. The predicted octanol–water partition coefficient (Wildman–Crippen LogP) is -0.446. The first-order valence-electron chi connectivity index (χ1n) is 3.27. The van der Waals surface area contributed by atoms with Crippen molar-refractivity contribution in [2.75, 3.05) is 12.3 Å². The predicted molar refractivity (Wildman–Crippen MR) is 41.4 cm³/mol. The van der Waals surface area contributed by atoms with E-state index in [1.165, 1.54) is 11.8 Å². The maximum atomic E-state index is 9.54. The Kier molecular flexibility index (Phi) is 2.57. The van der Waals surface area contributed by atoms with E-state index < -0.39 is 11.2 Å². The molecule has 1 fully saturated rings. The van der Waals surface area contributed by atoms with Crippen molar-refractivity contribution in [1.29, 1.82) is 0 Å². The quantitative estimate of drug-likeness (QED) is 0.489. The number of aliphatic hydroxyl groups is 2. The van der Waals surface area contributed by atoms with Crippen molar-refractivity contribution < 1.29 is 10.2 Å². The molecule has 1 heterocycles. The smallest absolute Gasteiger partial charge is 0.152 e. The Morgan fingerprint density at radius 1 is 1.80 bits per heavy atom. The molecule has 1 saturated heterocycles. The molecule has 0 amide bonds. The molecule has 10 heavy (non-hydrogen) atoms. The van der Waals surface area contributed by atoms with E-state index in [2.05, 4.69) is 5.32 Å². The van der Waals surface area contributed by atoms with Gasteiger partial charge in [0.15, 0.2) is 4.93 Å². The molecule has 0 saturated carbocycles. The molecule has 59 valence electrons. The number of hydrogen-bond donors (Lipinski definition) is 3. The van der Waals surface area contributed by atoms with E-state index in [-0.39, 0.29) is 0 Å². The Bertz CT molecular complexity index is 122. The molecule has 3 nitrogen and oxygen atoms in total. The van der Waals surface area contributed by atoms with Crippen LogP contribution >= 0.6 is 11.8 Å². The van der Waals surface area contributed by atoms with Gasteiger partial charge in [-0.15, -0.1) is 11.8 Å². The first kappa shape index (κ1) is 8.33. The van der Waals surface area contributed by atoms with Gasteiger partial charge in [0.05, 0.1) is 0 Å². The summed E-state index contributed by atoms with van der Waals surface area (Å²) in [6.45, 7) is 2.49. The topological polar surface area (TPSA) is 52.5 Å². The summed E-state index contributed by atoms with van der Waals surface area (Å²) in [6.07, 6.45) is 0.783. The number of thioether (sulfide) groups is 1. The normalized spacial score (nSPS) is 41.7. The average Bonchev–Trinajstić information content (AvgIpc) is 1.96. The first-order chi connectivity index (χ1) is 4.69. The number of nitrogens with one attached hydrogen (secondary N) is 1. The molecule has 1 rings (SSSR count). The van der Waals surface area contributed by atoms with Crippen molar-refractivity contribution in [3.05, 3.63) is 6.42 Å². The van der Waals surface area contributed by atoms with Gasteiger partial charge in [-0.25, -0.2) is 0 Å². The summed E-state index contributed by atoms with van der Waals surface area (Å²) in [5.41, 5.74) is 0. The van der Waals surface area contributed by atoms with Crippen molar-refractivity contribution in [2.24, 2.45) is 0 Å². The van der Waals surface area contributed by atoms with Crippen LogP contribution in [0, 0.1) is 6.42 Å². The summed E-state index contributed by atoms with van der Waals surface area (Å²) >= 11 is 1.36. The highest BCUT2D eigenvalue weighted by Gasteiger charge is 2.36. The van der Waals surface area contributed by atoms with E-state index in [1.807, 2.05) is 0 Å². The van der Waals surface area contributed by atoms with Crippen LogP contribution < -0.4 is 5.32 Å². The zero-order chi connectivity index (χ0) is 7.61. The van der Waals surface area contributed by atoms with Crippen LogP contribution in [0.5, 0.6) is 0 Å². The fourth-order valence-electron chi connectivity index (χ4n) is 0.877. The Hall–Kier alpha value is 0.230. The molecule has 1 aliphatic heterocycles. The zero-order valence-electron chi connectivity index (χ0n) is 5.87. The molecule has 1 radical (unpaired) electrons. The van der Waals surface area contributed by atoms with Gasteiger partial charge in [0, 0.05) is 18.7 Å². The number of aliphatic hydroxyl groups excluding tert-OH is 1. The van der Waals surface area contributed by atoms with Gasteiger partial charge in [0.1, 0.15) is 6.23 Å². The Morgan fingerprint density at radius 2 is 2.50 bits per heavy atom. The highest BCUT2D eigenvalue weighted by molar-refractivity contribution is 8.00. The second kappa shape index (κ2) is 3.09. The SMILES string of the molecule is C[CH]C1(O)SCCNC1O. The summed E-state index contributed by atoms with van der Waals surface area (Å²) in [4.78, 5) is -1.09. The van der Waals surface area contributed by atoms with Crippen LogP contribution in [-0.4, -0.2) is 33.7 Å². The molecule has 2 atom stereocenters. The number of hydrogen-bond acceptors (Lipinski definition) is 4. The van der Waals surface area contributed by atoms with Crippen molar-refractivity contribution in [3.8, 4) is 0 Å². The Morgan fingerprint density at radius 3 is 2.90 bits per heavy atom. The lowest BCUT2D eigenvalue weighted by Gasteiger charge is -2.35. The second-order valence-electron chi connectivity index (χ2n) is 2.25. The summed E-state index contributed by atoms with van der Waals surface area (Å²) in [5.74, 6) is 0.831. The van der Waals surface area contributed by atoms with Gasteiger partial charge in [0.2, 0.25) is 0 Å². The minimum absolute atomic E-state index is 0.752. The van der Waals surface area contributed by atoms with Gasteiger partial charge in [0.25, 0.3) is 0 Å². The van der Waals surface area contributed by atoms with Crippen LogP contribution in [0.1, 0.15) is 6.92 Å². The lowest BCUT2D eigenvalue weighted by Crippen LogP contribution is -2.53. The average molecular weight is 162 g/mol. The van der Waals surface area contributed by atoms with Crippen molar-refractivity contribution in [1.82, 2.24) is 5.32 Å². The highest BCUT2D eigenvalue weighted by atomic mass is 32.2. The van der Waals surface area contributed by atoms with Gasteiger partial charge < -0.3 is 10.2 Å². The molecule has 0 bridgehead atoms. The summed E-state index contributed by atoms with van der Waals surface area (Å²) in [6, 6.07) is 0. The van der Waals surface area contributed by atoms with Gasteiger partial charge in [-0.3, -0.25) is 5.32 Å². The Balaban J connectivity index is 2.54. The molecule has 4 heteroatoms. The van der Waals surface area contributed by atoms with E-state index >= 15 is 0 Å². The molecular formula is C6H12NO2S. The fourth-order valence-corrected chi connectivity index (χ4v) is 1.83. The van der Waals surface area contributed by atoms with Gasteiger partial charge in [-0.2, -0.15) is 0 Å². The summed E-state index contributed by atoms with van der Waals surface area (Å²) in [7, 11) is 0. The van der Waals surface area contributed by atoms with Gasteiger partial charge in [-0.1, -0.05) is 6.92 Å². The zero-order valence-corrected chi connectivity index (χ0v) is 6.69. The van der Waals surface area contributed by atoms with E-state index in [1.54, 1.807) is 13.3 Å². The van der Waals surface area contributed by atoms with Crippen LogP contribution in [0.3, 0.4) is 0 Å². The summed E-state index contributed by atoms with van der Waals surface area (Å²) in [5, 5.41) is 21.5. The maximum absolute atomic E-state index is 9.54. The molecule has 0 aliphatic carbocycles. The molecule has 3 N–H and O–H groups in total. The molecular weight excluding hydrogens is 150 g/mol. The third-order valence-electron chi connectivity index (χ3n) is 1.58. The Labute approximate surface area is 64.8 Å². The van der Waals surface area contributed by atoms with Crippen molar-refractivity contribution in [3.63, 3.8) is 0 Å². The third kappa shape index (κ3) is 1.45. The lowest BCUT2D eigenvalue weighted by molar-refractivity contribution is -0.00903. The van der Waals surface area contributed by atoms with E-state index in [0.29, 0.717) is 0 Å². The van der Waals surface area contributed by atoms with Crippen molar-refractivity contribution in [2.45, 2.75) is 18.1 Å². The van der Waals surface area contributed by atoms with Gasteiger partial charge in [-0.05, 0) is 0 Å². The highest BCUT2D eigenvalue weighted by Crippen LogP contribution is 2.30. The first-order valence-corrected chi connectivity index (χ1v) is 4.26. The summed E-state index contributed by atoms with van der Waals surface area (Å²) < 4.78 is 0. The maximum Gasteiger partial charge on any atom is 0.152 e. The molecule has 0 aromatic rings. The molecule has 2 unspecified atom stereocenters. The molecule has 0 aromatic carbocycles. The van der Waals surface area contributed by atoms with E-state index in [9.17, 15) is 10.2 Å². The van der Waals surface area contributed by atoms with Crippen LogP contribution in [0.4, 0.5) is 0 Å². The van der Waals surface area contributed by atoms with Crippen LogP contribution in [-0.2, 0) is 0 Å². The minimum atomic E-state index is -1.09. The second-order valence-corrected chi connectivity index (χ2v) is 3.60. The van der Waals surface area contributed by atoms with Crippen LogP contribution in [0.2, 0.25) is 0 Å². The van der Waals surface area contributed by atoms with E-state index in [0.717, 1.165) is 12.3 Å².